The number of methoxy groups -OCH3 is 1. The molecule has 5 rings (SSSR count). The van der Waals surface area contributed by atoms with Gasteiger partial charge in [-0.2, -0.15) is 0 Å². The van der Waals surface area contributed by atoms with Crippen LogP contribution in [0.2, 0.25) is 0 Å². The van der Waals surface area contributed by atoms with Crippen LogP contribution in [0.25, 0.3) is 11.0 Å². The largest absolute Gasteiger partial charge is 0.496 e. The van der Waals surface area contributed by atoms with Crippen molar-refractivity contribution in [2.24, 2.45) is 0 Å². The average Bonchev–Trinajstić information content (AvgIpc) is 3.63. The van der Waals surface area contributed by atoms with Crippen LogP contribution in [0.1, 0.15) is 61.5 Å². The number of carbonyl (C=O) groups is 2. The minimum Gasteiger partial charge on any atom is -0.496 e. The van der Waals surface area contributed by atoms with Crippen molar-refractivity contribution in [3.8, 4) is 5.75 Å². The number of hydrogen-bond donors (Lipinski definition) is 2. The Morgan fingerprint density at radius 1 is 1.18 bits per heavy atom. The van der Waals surface area contributed by atoms with Gasteiger partial charge in [-0.25, -0.2) is 19.0 Å². The molecule has 0 radical (unpaired) electrons. The lowest BCUT2D eigenvalue weighted by Gasteiger charge is -2.25. The summed E-state index contributed by atoms with van der Waals surface area (Å²) in [6.07, 6.45) is 2.33. The number of rotatable bonds is 6. The molecular formula is C28H31FN4O6. The van der Waals surface area contributed by atoms with Crippen LogP contribution in [-0.4, -0.2) is 58.6 Å². The first-order chi connectivity index (χ1) is 18.5. The Morgan fingerprint density at radius 3 is 2.54 bits per heavy atom. The molecule has 1 amide bonds. The molecule has 11 heteroatoms. The summed E-state index contributed by atoms with van der Waals surface area (Å²) in [7, 11) is 1.56. The zero-order valence-corrected chi connectivity index (χ0v) is 22.2. The van der Waals surface area contributed by atoms with Gasteiger partial charge in [0.2, 0.25) is 5.43 Å². The molecular weight excluding hydrogens is 507 g/mol. The number of carboxylic acid groups (broad SMARTS) is 1. The number of pyridine rings is 2. The van der Waals surface area contributed by atoms with Crippen molar-refractivity contribution in [1.29, 1.82) is 0 Å². The Hall–Kier alpha value is -4.15. The Balaban J connectivity index is 1.56. The summed E-state index contributed by atoms with van der Waals surface area (Å²) < 4.78 is 28.3. The number of alkyl carbamates (subject to hydrolysis) is 1. The average molecular weight is 539 g/mol. The fraction of sp³-hybridized carbons (Fsp3) is 0.429. The number of ether oxygens (including phenoxy) is 2. The summed E-state index contributed by atoms with van der Waals surface area (Å²) in [5.74, 6) is -1.74. The van der Waals surface area contributed by atoms with E-state index >= 15 is 4.39 Å². The van der Waals surface area contributed by atoms with E-state index < -0.39 is 40.5 Å². The van der Waals surface area contributed by atoms with E-state index in [1.54, 1.807) is 37.3 Å². The quantitative estimate of drug-likeness (QED) is 0.482. The Morgan fingerprint density at radius 2 is 1.90 bits per heavy atom. The van der Waals surface area contributed by atoms with Crippen LogP contribution in [0.3, 0.4) is 0 Å². The van der Waals surface area contributed by atoms with Crippen LogP contribution in [-0.2, 0) is 4.74 Å². The van der Waals surface area contributed by atoms with Gasteiger partial charge in [0.05, 0.1) is 18.5 Å². The maximum Gasteiger partial charge on any atom is 0.407 e. The number of aromatic nitrogens is 2. The third-order valence-electron chi connectivity index (χ3n) is 6.97. The van der Waals surface area contributed by atoms with Gasteiger partial charge < -0.3 is 29.4 Å². The van der Waals surface area contributed by atoms with Gasteiger partial charge in [0.15, 0.2) is 11.6 Å². The van der Waals surface area contributed by atoms with Gasteiger partial charge in [-0.3, -0.25) is 4.79 Å². The Kier molecular flexibility index (Phi) is 6.69. The minimum absolute atomic E-state index is 0.00139. The van der Waals surface area contributed by atoms with Crippen molar-refractivity contribution in [2.45, 2.75) is 57.2 Å². The number of fused-ring (bicyclic) bond motifs is 1. The molecule has 0 spiro atoms. The molecule has 206 valence electrons. The van der Waals surface area contributed by atoms with Crippen molar-refractivity contribution in [2.75, 3.05) is 25.1 Å². The number of hydrogen-bond acceptors (Lipinski definition) is 7. The summed E-state index contributed by atoms with van der Waals surface area (Å²) in [4.78, 5) is 43.5. The molecule has 0 unspecified atom stereocenters. The lowest BCUT2D eigenvalue weighted by atomic mass is 9.93. The Labute approximate surface area is 224 Å². The highest BCUT2D eigenvalue weighted by Gasteiger charge is 2.39. The van der Waals surface area contributed by atoms with Gasteiger partial charge in [-0.15, -0.1) is 0 Å². The number of carboxylic acids is 1. The zero-order valence-electron chi connectivity index (χ0n) is 22.2. The van der Waals surface area contributed by atoms with Crippen molar-refractivity contribution >= 4 is 28.9 Å². The van der Waals surface area contributed by atoms with E-state index in [0.717, 1.165) is 24.5 Å². The molecule has 1 saturated carbocycles. The van der Waals surface area contributed by atoms with E-state index in [0.29, 0.717) is 12.3 Å². The summed E-state index contributed by atoms with van der Waals surface area (Å²) in [6, 6.07) is 8.04. The predicted octanol–water partition coefficient (Wildman–Crippen LogP) is 4.07. The molecule has 3 heterocycles. The maximum atomic E-state index is 15.6. The van der Waals surface area contributed by atoms with Crippen LogP contribution in [0, 0.1) is 5.82 Å². The molecule has 39 heavy (non-hydrogen) atoms. The number of carbonyl (C=O) groups excluding carboxylic acids is 1. The molecule has 2 aromatic heterocycles. The van der Waals surface area contributed by atoms with Gasteiger partial charge in [-0.1, -0.05) is 18.2 Å². The number of aromatic carboxylic acids is 1. The second-order valence-corrected chi connectivity index (χ2v) is 11.0. The molecule has 3 aromatic rings. The molecule has 10 nitrogen and oxygen atoms in total. The van der Waals surface area contributed by atoms with Gasteiger partial charge in [0, 0.05) is 36.8 Å². The standard InChI is InChI=1S/C28H31FN4O6/c1-28(2,3)39-27(37)30-21-14-32(12-18(21)16-7-5-6-8-22(16)38-4)25-20(29)11-17-23(34)19(26(35)36)13-33(15-9-10-15)24(17)31-25/h5-8,11,13,15,18,21H,9-10,12,14H2,1-4H3,(H,30,37)(H,35,36)/t18-,21-/m1/s1. The lowest BCUT2D eigenvalue weighted by molar-refractivity contribution is 0.0504. The van der Waals surface area contributed by atoms with E-state index in [1.807, 2.05) is 24.3 Å². The normalized spacial score (nSPS) is 19.3. The summed E-state index contributed by atoms with van der Waals surface area (Å²) in [6.45, 7) is 5.84. The summed E-state index contributed by atoms with van der Waals surface area (Å²) in [5.41, 5.74) is -0.810. The highest BCUT2D eigenvalue weighted by Crippen LogP contribution is 2.39. The SMILES string of the molecule is COc1ccccc1[C@H]1CN(c2nc3c(cc2F)c(=O)c(C(=O)O)cn3C2CC2)C[C@H]1NC(=O)OC(C)(C)C. The number of anilines is 1. The van der Waals surface area contributed by atoms with Gasteiger partial charge in [0.25, 0.3) is 0 Å². The monoisotopic (exact) mass is 538 g/mol. The summed E-state index contributed by atoms with van der Waals surface area (Å²) in [5, 5.41) is 12.4. The van der Waals surface area contributed by atoms with Gasteiger partial charge >= 0.3 is 12.1 Å². The van der Waals surface area contributed by atoms with Gasteiger partial charge in [-0.05, 0) is 45.7 Å². The van der Waals surface area contributed by atoms with Crippen LogP contribution in [0.4, 0.5) is 15.0 Å². The first-order valence-electron chi connectivity index (χ1n) is 12.8. The number of halogens is 1. The van der Waals surface area contributed by atoms with E-state index in [1.165, 1.54) is 6.20 Å². The highest BCUT2D eigenvalue weighted by molar-refractivity contribution is 5.92. The summed E-state index contributed by atoms with van der Waals surface area (Å²) >= 11 is 0. The fourth-order valence-corrected chi connectivity index (χ4v) is 5.11. The molecule has 2 fully saturated rings. The van der Waals surface area contributed by atoms with Crippen molar-refractivity contribution < 1.29 is 28.6 Å². The van der Waals surface area contributed by atoms with E-state index in [2.05, 4.69) is 10.3 Å². The minimum atomic E-state index is -1.36. The number of benzene rings is 1. The first kappa shape index (κ1) is 26.5. The molecule has 1 aliphatic carbocycles. The predicted molar refractivity (Wildman–Crippen MR) is 142 cm³/mol. The number of nitrogens with zero attached hydrogens (tertiary/aromatic N) is 3. The van der Waals surface area contributed by atoms with E-state index in [-0.39, 0.29) is 35.4 Å². The molecule has 1 aromatic carbocycles. The second kappa shape index (κ2) is 9.87. The number of amides is 1. The second-order valence-electron chi connectivity index (χ2n) is 11.0. The van der Waals surface area contributed by atoms with Crippen LogP contribution in [0.5, 0.6) is 5.75 Å². The third-order valence-corrected chi connectivity index (χ3v) is 6.97. The number of nitrogens with one attached hydrogen (secondary N) is 1. The molecule has 2 N–H and O–H groups in total. The van der Waals surface area contributed by atoms with Crippen molar-refractivity contribution in [3.63, 3.8) is 0 Å². The Bertz CT molecular complexity index is 1510. The maximum absolute atomic E-state index is 15.6. The topological polar surface area (TPSA) is 123 Å². The third kappa shape index (κ3) is 5.25. The fourth-order valence-electron chi connectivity index (χ4n) is 5.11. The van der Waals surface area contributed by atoms with E-state index in [9.17, 15) is 19.5 Å². The van der Waals surface area contributed by atoms with Gasteiger partial charge in [0.1, 0.15) is 22.6 Å². The van der Waals surface area contributed by atoms with Crippen LogP contribution >= 0.6 is 0 Å². The molecule has 1 aliphatic heterocycles. The molecule has 2 aliphatic rings. The van der Waals surface area contributed by atoms with Crippen LogP contribution in [0.15, 0.2) is 41.3 Å². The van der Waals surface area contributed by atoms with Crippen molar-refractivity contribution in [1.82, 2.24) is 14.9 Å². The molecule has 0 bridgehead atoms. The lowest BCUT2D eigenvalue weighted by Crippen LogP contribution is -2.42. The molecule has 2 atom stereocenters. The first-order valence-corrected chi connectivity index (χ1v) is 12.8. The molecule has 1 saturated heterocycles. The van der Waals surface area contributed by atoms with Crippen LogP contribution < -0.4 is 20.4 Å². The number of para-hydroxylation sites is 1. The highest BCUT2D eigenvalue weighted by atomic mass is 19.1. The van der Waals surface area contributed by atoms with E-state index in [4.69, 9.17) is 9.47 Å². The smallest absolute Gasteiger partial charge is 0.407 e. The zero-order chi connectivity index (χ0) is 28.1. The van der Waals surface area contributed by atoms with Crippen molar-refractivity contribution in [3.05, 3.63) is 63.7 Å².